The molecule has 0 aromatic carbocycles. The van der Waals surface area contributed by atoms with Crippen LogP contribution in [0.1, 0.15) is 38.5 Å². The van der Waals surface area contributed by atoms with Crippen molar-refractivity contribution in [3.8, 4) is 0 Å². The molecule has 1 saturated carbocycles. The van der Waals surface area contributed by atoms with Gasteiger partial charge in [0, 0.05) is 13.5 Å². The number of carbonyl (C=O) groups excluding carboxylic acids is 2. The van der Waals surface area contributed by atoms with Gasteiger partial charge < -0.3 is 14.8 Å². The summed E-state index contributed by atoms with van der Waals surface area (Å²) in [5.74, 6) is 0.219. The summed E-state index contributed by atoms with van der Waals surface area (Å²) < 4.78 is 9.50. The lowest BCUT2D eigenvalue weighted by Gasteiger charge is -2.14. The van der Waals surface area contributed by atoms with Crippen molar-refractivity contribution in [2.45, 2.75) is 44.6 Å². The molecule has 5 heteroatoms. The lowest BCUT2D eigenvalue weighted by Crippen LogP contribution is -2.38. The van der Waals surface area contributed by atoms with Crippen molar-refractivity contribution in [2.24, 2.45) is 5.92 Å². The van der Waals surface area contributed by atoms with Gasteiger partial charge in [-0.3, -0.25) is 4.79 Å². The molecule has 0 saturated heterocycles. The molecule has 18 heavy (non-hydrogen) atoms. The van der Waals surface area contributed by atoms with E-state index in [1.54, 1.807) is 0 Å². The van der Waals surface area contributed by atoms with E-state index < -0.39 is 12.1 Å². The van der Waals surface area contributed by atoms with E-state index in [1.165, 1.54) is 39.9 Å². The smallest absolute Gasteiger partial charge is 0.336 e. The third-order valence-corrected chi connectivity index (χ3v) is 3.49. The van der Waals surface area contributed by atoms with Crippen LogP contribution in [0.4, 0.5) is 0 Å². The molecule has 1 atom stereocenters. The Kier molecular flexibility index (Phi) is 6.72. The van der Waals surface area contributed by atoms with E-state index in [4.69, 9.17) is 4.74 Å². The van der Waals surface area contributed by atoms with Crippen molar-refractivity contribution in [1.82, 2.24) is 5.32 Å². The highest BCUT2D eigenvalue weighted by Crippen LogP contribution is 2.28. The minimum atomic E-state index is -0.717. The Morgan fingerprint density at radius 1 is 1.28 bits per heavy atom. The Balaban J connectivity index is 2.16. The van der Waals surface area contributed by atoms with E-state index in [0.29, 0.717) is 12.3 Å². The number of carbonyl (C=O) groups is 2. The second-order valence-corrected chi connectivity index (χ2v) is 4.74. The predicted octanol–water partition coefficient (Wildman–Crippen LogP) is 1.26. The monoisotopic (exact) mass is 257 g/mol. The van der Waals surface area contributed by atoms with Crippen LogP contribution in [0, 0.1) is 5.92 Å². The van der Waals surface area contributed by atoms with Gasteiger partial charge in [-0.1, -0.05) is 25.7 Å². The van der Waals surface area contributed by atoms with E-state index in [0.717, 1.165) is 6.42 Å². The molecule has 104 valence electrons. The van der Waals surface area contributed by atoms with Crippen LogP contribution in [-0.4, -0.2) is 38.7 Å². The Hall–Kier alpha value is -1.10. The molecule has 0 heterocycles. The summed E-state index contributed by atoms with van der Waals surface area (Å²) in [7, 11) is 2.72. The van der Waals surface area contributed by atoms with Gasteiger partial charge in [0.25, 0.3) is 0 Å². The fourth-order valence-electron chi connectivity index (χ4n) is 2.32. The maximum atomic E-state index is 11.6. The van der Waals surface area contributed by atoms with Gasteiger partial charge in [0.05, 0.1) is 13.7 Å². The zero-order chi connectivity index (χ0) is 13.4. The number of nitrogens with one attached hydrogen (secondary N) is 1. The first-order valence-corrected chi connectivity index (χ1v) is 6.54. The molecule has 1 rings (SSSR count). The molecular weight excluding hydrogens is 234 g/mol. The molecule has 0 spiro atoms. The third-order valence-electron chi connectivity index (χ3n) is 3.49. The molecule has 0 aliphatic heterocycles. The summed E-state index contributed by atoms with van der Waals surface area (Å²) >= 11 is 0. The molecule has 0 aromatic rings. The van der Waals surface area contributed by atoms with Crippen molar-refractivity contribution in [2.75, 3.05) is 20.8 Å². The van der Waals surface area contributed by atoms with Gasteiger partial charge in [0.15, 0.2) is 6.10 Å². The number of ether oxygens (including phenoxy) is 2. The van der Waals surface area contributed by atoms with Crippen LogP contribution in [-0.2, 0) is 19.1 Å². The normalized spacial score (nSPS) is 17.4. The van der Waals surface area contributed by atoms with Gasteiger partial charge in [0.2, 0.25) is 5.91 Å². The number of methoxy groups -OCH3 is 2. The lowest BCUT2D eigenvalue weighted by atomic mass is 10.0. The molecular formula is C13H23NO4. The highest BCUT2D eigenvalue weighted by Gasteiger charge is 2.20. The Morgan fingerprint density at radius 3 is 2.50 bits per heavy atom. The van der Waals surface area contributed by atoms with E-state index >= 15 is 0 Å². The SMILES string of the molecule is COC(=O)[C@@H](CNC(=O)CCC1CCCC1)OC. The van der Waals surface area contributed by atoms with Gasteiger partial charge in [0.1, 0.15) is 0 Å². The van der Waals surface area contributed by atoms with Crippen LogP contribution in [0.5, 0.6) is 0 Å². The van der Waals surface area contributed by atoms with Crippen LogP contribution >= 0.6 is 0 Å². The molecule has 0 aromatic heterocycles. The number of rotatable bonds is 7. The number of hydrogen-bond donors (Lipinski definition) is 1. The second kappa shape index (κ2) is 8.08. The van der Waals surface area contributed by atoms with Gasteiger partial charge in [-0.15, -0.1) is 0 Å². The summed E-state index contributed by atoms with van der Waals surface area (Å²) in [6, 6.07) is 0. The summed E-state index contributed by atoms with van der Waals surface area (Å²) in [5, 5.41) is 2.71. The van der Waals surface area contributed by atoms with Gasteiger partial charge >= 0.3 is 5.97 Å². The molecule has 0 unspecified atom stereocenters. The lowest BCUT2D eigenvalue weighted by molar-refractivity contribution is -0.152. The standard InChI is InChI=1S/C13H23NO4/c1-17-11(13(16)18-2)9-14-12(15)8-7-10-5-3-4-6-10/h10-11H,3-9H2,1-2H3,(H,14,15)/t11-/m1/s1. The van der Waals surface area contributed by atoms with Crippen molar-refractivity contribution in [3.63, 3.8) is 0 Å². The molecule has 1 fully saturated rings. The van der Waals surface area contributed by atoms with Gasteiger partial charge in [-0.25, -0.2) is 4.79 Å². The Bertz CT molecular complexity index is 274. The average molecular weight is 257 g/mol. The van der Waals surface area contributed by atoms with Crippen LogP contribution in [0.15, 0.2) is 0 Å². The number of esters is 1. The van der Waals surface area contributed by atoms with Crippen molar-refractivity contribution < 1.29 is 19.1 Å². The Labute approximate surface area is 108 Å². The second-order valence-electron chi connectivity index (χ2n) is 4.74. The molecule has 5 nitrogen and oxygen atoms in total. The maximum Gasteiger partial charge on any atom is 0.336 e. The fraction of sp³-hybridized carbons (Fsp3) is 0.846. The largest absolute Gasteiger partial charge is 0.467 e. The maximum absolute atomic E-state index is 11.6. The topological polar surface area (TPSA) is 64.6 Å². The quantitative estimate of drug-likeness (QED) is 0.697. The average Bonchev–Trinajstić information content (AvgIpc) is 2.89. The summed E-state index contributed by atoms with van der Waals surface area (Å²) in [5.41, 5.74) is 0. The van der Waals surface area contributed by atoms with E-state index in [2.05, 4.69) is 10.1 Å². The minimum Gasteiger partial charge on any atom is -0.467 e. The zero-order valence-electron chi connectivity index (χ0n) is 11.2. The first kappa shape index (κ1) is 15.0. The van der Waals surface area contributed by atoms with Gasteiger partial charge in [-0.2, -0.15) is 0 Å². The molecule has 1 amide bonds. The first-order valence-electron chi connectivity index (χ1n) is 6.54. The molecule has 0 bridgehead atoms. The van der Waals surface area contributed by atoms with Crippen molar-refractivity contribution in [3.05, 3.63) is 0 Å². The van der Waals surface area contributed by atoms with E-state index in [-0.39, 0.29) is 12.5 Å². The summed E-state index contributed by atoms with van der Waals surface area (Å²) in [4.78, 5) is 22.8. The minimum absolute atomic E-state index is 0.0205. The summed E-state index contributed by atoms with van der Waals surface area (Å²) in [6.45, 7) is 0.173. The van der Waals surface area contributed by atoms with E-state index in [1.807, 2.05) is 0 Å². The number of amides is 1. The molecule has 1 N–H and O–H groups in total. The van der Waals surface area contributed by atoms with Crippen LogP contribution in [0.25, 0.3) is 0 Å². The molecule has 0 radical (unpaired) electrons. The highest BCUT2D eigenvalue weighted by molar-refractivity contribution is 5.78. The first-order chi connectivity index (χ1) is 8.67. The Morgan fingerprint density at radius 2 is 1.94 bits per heavy atom. The predicted molar refractivity (Wildman–Crippen MR) is 67.0 cm³/mol. The van der Waals surface area contributed by atoms with Crippen LogP contribution < -0.4 is 5.32 Å². The zero-order valence-corrected chi connectivity index (χ0v) is 11.2. The summed E-state index contributed by atoms with van der Waals surface area (Å²) in [6.07, 6.45) is 5.84. The van der Waals surface area contributed by atoms with Crippen LogP contribution in [0.2, 0.25) is 0 Å². The van der Waals surface area contributed by atoms with Crippen LogP contribution in [0.3, 0.4) is 0 Å². The van der Waals surface area contributed by atoms with E-state index in [9.17, 15) is 9.59 Å². The van der Waals surface area contributed by atoms with Gasteiger partial charge in [-0.05, 0) is 12.3 Å². The molecule has 1 aliphatic carbocycles. The fourth-order valence-corrected chi connectivity index (χ4v) is 2.32. The number of hydrogen-bond acceptors (Lipinski definition) is 4. The van der Waals surface area contributed by atoms with Crippen molar-refractivity contribution >= 4 is 11.9 Å². The molecule has 1 aliphatic rings. The van der Waals surface area contributed by atoms with Crippen molar-refractivity contribution in [1.29, 1.82) is 0 Å². The third kappa shape index (κ3) is 5.04. The highest BCUT2D eigenvalue weighted by atomic mass is 16.6.